The lowest BCUT2D eigenvalue weighted by molar-refractivity contribution is -0.122. The second kappa shape index (κ2) is 9.02. The van der Waals surface area contributed by atoms with Gasteiger partial charge in [0, 0.05) is 35.5 Å². The van der Waals surface area contributed by atoms with Crippen LogP contribution in [-0.2, 0) is 21.4 Å². The molecular formula is C17H19BrClN3O3S2. The number of nitrogens with one attached hydrogen (secondary N) is 1. The molecule has 6 nitrogen and oxygen atoms in total. The van der Waals surface area contributed by atoms with Gasteiger partial charge < -0.3 is 5.32 Å². The van der Waals surface area contributed by atoms with Gasteiger partial charge in [-0.3, -0.25) is 9.69 Å². The van der Waals surface area contributed by atoms with Gasteiger partial charge in [-0.15, -0.1) is 11.3 Å². The molecule has 2 heterocycles. The predicted octanol–water partition coefficient (Wildman–Crippen LogP) is 2.79. The van der Waals surface area contributed by atoms with Crippen molar-refractivity contribution >= 4 is 54.8 Å². The lowest BCUT2D eigenvalue weighted by Gasteiger charge is -2.33. The highest BCUT2D eigenvalue weighted by atomic mass is 79.9. The molecule has 27 heavy (non-hydrogen) atoms. The third-order valence-corrected chi connectivity index (χ3v) is 8.00. The summed E-state index contributed by atoms with van der Waals surface area (Å²) in [5, 5.41) is 5.05. The SMILES string of the molecule is O=C(CN1CCN(S(=O)(=O)c2ccc(Br)cc2Cl)CC1)NCc1cccs1. The topological polar surface area (TPSA) is 69.7 Å². The lowest BCUT2D eigenvalue weighted by atomic mass is 10.3. The van der Waals surface area contributed by atoms with Gasteiger partial charge in [0.2, 0.25) is 15.9 Å². The van der Waals surface area contributed by atoms with Gasteiger partial charge in [-0.1, -0.05) is 33.6 Å². The zero-order valence-electron chi connectivity index (χ0n) is 14.4. The summed E-state index contributed by atoms with van der Waals surface area (Å²) in [6.45, 7) is 2.44. The fourth-order valence-corrected chi connectivity index (χ4v) is 5.89. The van der Waals surface area contributed by atoms with E-state index in [4.69, 9.17) is 11.6 Å². The number of rotatable bonds is 6. The van der Waals surface area contributed by atoms with Crippen LogP contribution < -0.4 is 5.32 Å². The Kier molecular flexibility index (Phi) is 6.93. The van der Waals surface area contributed by atoms with Crippen LogP contribution in [0.4, 0.5) is 0 Å². The molecular weight excluding hydrogens is 474 g/mol. The average Bonchev–Trinajstić information content (AvgIpc) is 3.14. The maximum Gasteiger partial charge on any atom is 0.244 e. The zero-order valence-corrected chi connectivity index (χ0v) is 18.4. The van der Waals surface area contributed by atoms with Gasteiger partial charge in [0.25, 0.3) is 0 Å². The van der Waals surface area contributed by atoms with E-state index in [0.717, 1.165) is 9.35 Å². The van der Waals surface area contributed by atoms with Crippen LogP contribution in [0.3, 0.4) is 0 Å². The van der Waals surface area contributed by atoms with Crippen LogP contribution in [0, 0.1) is 0 Å². The van der Waals surface area contributed by atoms with Crippen molar-refractivity contribution in [3.05, 3.63) is 50.1 Å². The molecule has 146 valence electrons. The molecule has 1 aliphatic rings. The second-order valence-electron chi connectivity index (χ2n) is 6.11. The molecule has 3 rings (SSSR count). The van der Waals surface area contributed by atoms with Crippen molar-refractivity contribution in [3.8, 4) is 0 Å². The fraction of sp³-hybridized carbons (Fsp3) is 0.353. The Morgan fingerprint density at radius 3 is 2.59 bits per heavy atom. The maximum atomic E-state index is 12.8. The van der Waals surface area contributed by atoms with Crippen LogP contribution in [0.15, 0.2) is 45.1 Å². The van der Waals surface area contributed by atoms with Crippen LogP contribution in [0.25, 0.3) is 0 Å². The molecule has 0 aliphatic carbocycles. The van der Waals surface area contributed by atoms with Crippen LogP contribution in [0.1, 0.15) is 4.88 Å². The van der Waals surface area contributed by atoms with Crippen LogP contribution in [0.5, 0.6) is 0 Å². The number of halogens is 2. The van der Waals surface area contributed by atoms with Gasteiger partial charge in [0.05, 0.1) is 18.1 Å². The molecule has 2 aromatic rings. The van der Waals surface area contributed by atoms with E-state index in [9.17, 15) is 13.2 Å². The average molecular weight is 493 g/mol. The van der Waals surface area contributed by atoms with Gasteiger partial charge in [-0.2, -0.15) is 4.31 Å². The molecule has 1 aromatic heterocycles. The van der Waals surface area contributed by atoms with Crippen molar-refractivity contribution in [2.24, 2.45) is 0 Å². The van der Waals surface area contributed by atoms with Crippen LogP contribution in [-0.4, -0.2) is 56.3 Å². The highest BCUT2D eigenvalue weighted by Crippen LogP contribution is 2.28. The van der Waals surface area contributed by atoms with Gasteiger partial charge in [-0.25, -0.2) is 8.42 Å². The van der Waals surface area contributed by atoms with Gasteiger partial charge in [-0.05, 0) is 29.6 Å². The molecule has 1 amide bonds. The first-order chi connectivity index (χ1) is 12.9. The third-order valence-electron chi connectivity index (χ3n) is 4.25. The first kappa shape index (κ1) is 20.8. The summed E-state index contributed by atoms with van der Waals surface area (Å²) in [5.74, 6) is -0.0596. The van der Waals surface area contributed by atoms with Crippen molar-refractivity contribution in [2.75, 3.05) is 32.7 Å². The Morgan fingerprint density at radius 1 is 1.22 bits per heavy atom. The number of piperazine rings is 1. The molecule has 1 aliphatic heterocycles. The van der Waals surface area contributed by atoms with Crippen LogP contribution >= 0.6 is 38.9 Å². The van der Waals surface area contributed by atoms with Crippen molar-refractivity contribution < 1.29 is 13.2 Å². The standard InChI is InChI=1S/C17H19BrClN3O3S2/c18-13-3-4-16(15(19)10-13)27(24,25)22-7-5-21(6-8-22)12-17(23)20-11-14-2-1-9-26-14/h1-4,9-10H,5-8,11-12H2,(H,20,23). The van der Waals surface area contributed by atoms with E-state index in [1.165, 1.54) is 10.4 Å². The number of amides is 1. The molecule has 1 N–H and O–H groups in total. The Bertz CT molecular complexity index is 898. The lowest BCUT2D eigenvalue weighted by Crippen LogP contribution is -2.51. The Morgan fingerprint density at radius 2 is 1.96 bits per heavy atom. The number of carbonyl (C=O) groups excluding carboxylic acids is 1. The highest BCUT2D eigenvalue weighted by Gasteiger charge is 2.30. The zero-order chi connectivity index (χ0) is 19.4. The molecule has 0 saturated carbocycles. The third kappa shape index (κ3) is 5.30. The minimum absolute atomic E-state index is 0.0596. The molecule has 1 fully saturated rings. The predicted molar refractivity (Wildman–Crippen MR) is 111 cm³/mol. The Hall–Kier alpha value is -0.970. The molecule has 0 atom stereocenters. The van der Waals surface area contributed by atoms with Gasteiger partial charge in [0.15, 0.2) is 0 Å². The van der Waals surface area contributed by atoms with E-state index >= 15 is 0 Å². The highest BCUT2D eigenvalue weighted by molar-refractivity contribution is 9.10. The number of benzene rings is 1. The molecule has 0 bridgehead atoms. The summed E-state index contributed by atoms with van der Waals surface area (Å²) in [5.41, 5.74) is 0. The minimum Gasteiger partial charge on any atom is -0.350 e. The van der Waals surface area contributed by atoms with E-state index in [2.05, 4.69) is 21.2 Å². The van der Waals surface area contributed by atoms with Crippen molar-refractivity contribution in [3.63, 3.8) is 0 Å². The van der Waals surface area contributed by atoms with Crippen molar-refractivity contribution in [1.82, 2.24) is 14.5 Å². The molecule has 1 saturated heterocycles. The summed E-state index contributed by atoms with van der Waals surface area (Å²) in [6.07, 6.45) is 0. The van der Waals surface area contributed by atoms with Gasteiger partial charge >= 0.3 is 0 Å². The van der Waals surface area contributed by atoms with E-state index in [1.807, 2.05) is 22.4 Å². The number of thiophene rings is 1. The Balaban J connectivity index is 1.52. The number of nitrogens with zero attached hydrogens (tertiary/aromatic N) is 2. The largest absolute Gasteiger partial charge is 0.350 e. The number of carbonyl (C=O) groups is 1. The second-order valence-corrected chi connectivity index (χ2v) is 10.4. The van der Waals surface area contributed by atoms with E-state index in [1.54, 1.807) is 23.5 Å². The van der Waals surface area contributed by atoms with E-state index < -0.39 is 10.0 Å². The number of hydrogen-bond donors (Lipinski definition) is 1. The summed E-state index contributed by atoms with van der Waals surface area (Å²) in [4.78, 5) is 15.2. The Labute approximate surface area is 176 Å². The maximum absolute atomic E-state index is 12.8. The van der Waals surface area contributed by atoms with Crippen molar-refractivity contribution in [2.45, 2.75) is 11.4 Å². The van der Waals surface area contributed by atoms with Crippen LogP contribution in [0.2, 0.25) is 5.02 Å². The normalized spacial score (nSPS) is 16.4. The van der Waals surface area contributed by atoms with Gasteiger partial charge in [0.1, 0.15) is 4.90 Å². The quantitative estimate of drug-likeness (QED) is 0.673. The monoisotopic (exact) mass is 491 g/mol. The number of hydrogen-bond acceptors (Lipinski definition) is 5. The first-order valence-corrected chi connectivity index (χ1v) is 11.8. The smallest absolute Gasteiger partial charge is 0.244 e. The number of sulfonamides is 1. The van der Waals surface area contributed by atoms with Crippen molar-refractivity contribution in [1.29, 1.82) is 0 Å². The van der Waals surface area contributed by atoms with E-state index in [0.29, 0.717) is 32.7 Å². The summed E-state index contributed by atoms with van der Waals surface area (Å²) >= 11 is 11.0. The van der Waals surface area contributed by atoms with E-state index in [-0.39, 0.29) is 22.4 Å². The molecule has 10 heteroatoms. The molecule has 0 unspecified atom stereocenters. The minimum atomic E-state index is -3.65. The first-order valence-electron chi connectivity index (χ1n) is 8.33. The summed E-state index contributed by atoms with van der Waals surface area (Å²) < 4.78 is 27.8. The fourth-order valence-electron chi connectivity index (χ4n) is 2.81. The molecule has 0 radical (unpaired) electrons. The molecule has 1 aromatic carbocycles. The summed E-state index contributed by atoms with van der Waals surface area (Å²) in [6, 6.07) is 8.66. The summed E-state index contributed by atoms with van der Waals surface area (Å²) in [7, 11) is -3.65. The molecule has 0 spiro atoms.